The fourth-order valence-electron chi connectivity index (χ4n) is 4.23. The monoisotopic (exact) mass is 330 g/mol. The number of rotatable bonds is 13. The number of hydrogen-bond donors (Lipinski definition) is 0. The van der Waals surface area contributed by atoms with Crippen LogP contribution in [0.15, 0.2) is 0 Å². The third-order valence-electron chi connectivity index (χ3n) is 5.27. The molecule has 0 heterocycles. The zero-order valence-electron chi connectivity index (χ0n) is 16.6. The van der Waals surface area contributed by atoms with Crippen molar-refractivity contribution in [3.05, 3.63) is 0 Å². The molecular weight excluding hydrogens is 288 g/mol. The van der Waals surface area contributed by atoms with Crippen LogP contribution in [0.3, 0.4) is 0 Å². The van der Waals surface area contributed by atoms with E-state index < -0.39 is 8.56 Å². The van der Waals surface area contributed by atoms with Crippen LogP contribution in [0, 0.1) is 11.8 Å². The molecule has 0 spiro atoms. The second-order valence-corrected chi connectivity index (χ2v) is 11.3. The standard InChI is InChI=1S/C19H42O2Si/c1-9-13-14-15-16-22(20-11-3,21-12-4)19(7,8)18(10-2)17(5)6/h17-18H,9-16H2,1-8H3. The van der Waals surface area contributed by atoms with E-state index in [0.29, 0.717) is 11.8 Å². The summed E-state index contributed by atoms with van der Waals surface area (Å²) in [7, 11) is -2.22. The molecule has 22 heavy (non-hydrogen) atoms. The van der Waals surface area contributed by atoms with Crippen LogP contribution in [-0.2, 0) is 8.85 Å². The lowest BCUT2D eigenvalue weighted by Crippen LogP contribution is -2.55. The highest BCUT2D eigenvalue weighted by molar-refractivity contribution is 6.70. The van der Waals surface area contributed by atoms with Crippen LogP contribution in [0.2, 0.25) is 11.1 Å². The van der Waals surface area contributed by atoms with Gasteiger partial charge in [-0.1, -0.05) is 73.6 Å². The molecule has 0 rings (SSSR count). The van der Waals surface area contributed by atoms with Crippen LogP contribution in [0.4, 0.5) is 0 Å². The summed E-state index contributed by atoms with van der Waals surface area (Å²) in [6.45, 7) is 19.9. The first-order valence-electron chi connectivity index (χ1n) is 9.60. The Balaban J connectivity index is 5.38. The predicted molar refractivity (Wildman–Crippen MR) is 101 cm³/mol. The van der Waals surface area contributed by atoms with Gasteiger partial charge in [-0.05, 0) is 31.7 Å². The Morgan fingerprint density at radius 2 is 1.41 bits per heavy atom. The average Bonchev–Trinajstić information content (AvgIpc) is 2.43. The molecule has 0 saturated heterocycles. The zero-order chi connectivity index (χ0) is 17.2. The lowest BCUT2D eigenvalue weighted by molar-refractivity contribution is 0.125. The van der Waals surface area contributed by atoms with E-state index in [1.807, 2.05) is 0 Å². The molecule has 0 aliphatic heterocycles. The first kappa shape index (κ1) is 22.1. The van der Waals surface area contributed by atoms with E-state index in [1.165, 1.54) is 32.1 Å². The molecule has 1 atom stereocenters. The average molecular weight is 331 g/mol. The summed E-state index contributed by atoms with van der Waals surface area (Å²) < 4.78 is 12.9. The molecule has 0 bridgehead atoms. The van der Waals surface area contributed by atoms with Crippen molar-refractivity contribution in [2.24, 2.45) is 11.8 Å². The van der Waals surface area contributed by atoms with E-state index in [4.69, 9.17) is 8.85 Å². The van der Waals surface area contributed by atoms with Gasteiger partial charge in [0.2, 0.25) is 0 Å². The largest absolute Gasteiger partial charge is 0.394 e. The number of unbranched alkanes of at least 4 members (excludes halogenated alkanes) is 3. The van der Waals surface area contributed by atoms with E-state index >= 15 is 0 Å². The van der Waals surface area contributed by atoms with Crippen molar-refractivity contribution < 1.29 is 8.85 Å². The van der Waals surface area contributed by atoms with Crippen LogP contribution in [-0.4, -0.2) is 21.8 Å². The second kappa shape index (κ2) is 10.8. The van der Waals surface area contributed by atoms with Crippen molar-refractivity contribution in [3.63, 3.8) is 0 Å². The van der Waals surface area contributed by atoms with Crippen LogP contribution >= 0.6 is 0 Å². The Bertz CT molecular complexity index is 271. The summed E-state index contributed by atoms with van der Waals surface area (Å²) in [4.78, 5) is 0. The Labute approximate surface area is 141 Å². The third-order valence-corrected chi connectivity index (χ3v) is 10.1. The second-order valence-electron chi connectivity index (χ2n) is 7.41. The van der Waals surface area contributed by atoms with Gasteiger partial charge in [0.05, 0.1) is 0 Å². The summed E-state index contributed by atoms with van der Waals surface area (Å²) in [5.41, 5.74) is 0. The van der Waals surface area contributed by atoms with Gasteiger partial charge in [0, 0.05) is 18.3 Å². The van der Waals surface area contributed by atoms with E-state index in [2.05, 4.69) is 55.4 Å². The highest BCUT2D eigenvalue weighted by Gasteiger charge is 2.55. The molecule has 134 valence electrons. The van der Waals surface area contributed by atoms with E-state index in [1.54, 1.807) is 0 Å². The quantitative estimate of drug-likeness (QED) is 0.282. The van der Waals surface area contributed by atoms with Gasteiger partial charge < -0.3 is 8.85 Å². The molecule has 2 nitrogen and oxygen atoms in total. The van der Waals surface area contributed by atoms with Crippen LogP contribution in [0.25, 0.3) is 0 Å². The normalized spacial score (nSPS) is 14.6. The molecule has 0 aromatic carbocycles. The molecule has 0 N–H and O–H groups in total. The molecule has 0 aliphatic rings. The van der Waals surface area contributed by atoms with Crippen molar-refractivity contribution >= 4 is 8.56 Å². The maximum Gasteiger partial charge on any atom is 0.344 e. The van der Waals surface area contributed by atoms with Gasteiger partial charge in [-0.2, -0.15) is 0 Å². The van der Waals surface area contributed by atoms with Gasteiger partial charge in [0.1, 0.15) is 0 Å². The minimum Gasteiger partial charge on any atom is -0.394 e. The molecular formula is C19H42O2Si. The molecule has 0 aromatic heterocycles. The minimum atomic E-state index is -2.22. The Morgan fingerprint density at radius 1 is 0.864 bits per heavy atom. The smallest absolute Gasteiger partial charge is 0.344 e. The SMILES string of the molecule is CCCCCC[Si](OCC)(OCC)C(C)(C)C(CC)C(C)C. The van der Waals surface area contributed by atoms with Crippen molar-refractivity contribution in [3.8, 4) is 0 Å². The summed E-state index contributed by atoms with van der Waals surface area (Å²) in [6, 6.07) is 1.14. The van der Waals surface area contributed by atoms with Gasteiger partial charge in [-0.15, -0.1) is 0 Å². The van der Waals surface area contributed by atoms with Crippen molar-refractivity contribution in [1.82, 2.24) is 0 Å². The van der Waals surface area contributed by atoms with Gasteiger partial charge in [-0.25, -0.2) is 0 Å². The van der Waals surface area contributed by atoms with Gasteiger partial charge in [0.15, 0.2) is 0 Å². The van der Waals surface area contributed by atoms with Crippen LogP contribution in [0.1, 0.15) is 87.5 Å². The fourth-order valence-corrected chi connectivity index (χ4v) is 8.74. The molecule has 0 saturated carbocycles. The van der Waals surface area contributed by atoms with Gasteiger partial charge >= 0.3 is 8.56 Å². The fraction of sp³-hybridized carbons (Fsp3) is 1.00. The molecule has 0 aliphatic carbocycles. The highest BCUT2D eigenvalue weighted by atomic mass is 28.4. The highest BCUT2D eigenvalue weighted by Crippen LogP contribution is 2.52. The molecule has 0 fully saturated rings. The van der Waals surface area contributed by atoms with E-state index in [-0.39, 0.29) is 5.04 Å². The first-order valence-corrected chi connectivity index (χ1v) is 11.6. The zero-order valence-corrected chi connectivity index (χ0v) is 17.6. The van der Waals surface area contributed by atoms with Gasteiger partial charge in [-0.3, -0.25) is 0 Å². The summed E-state index contributed by atoms with van der Waals surface area (Å²) >= 11 is 0. The van der Waals surface area contributed by atoms with Crippen molar-refractivity contribution in [2.75, 3.05) is 13.2 Å². The minimum absolute atomic E-state index is 0.147. The van der Waals surface area contributed by atoms with E-state index in [9.17, 15) is 0 Å². The molecule has 1 unspecified atom stereocenters. The van der Waals surface area contributed by atoms with Crippen molar-refractivity contribution in [2.45, 2.75) is 98.6 Å². The molecule has 0 aromatic rings. The molecule has 0 amide bonds. The topological polar surface area (TPSA) is 18.5 Å². The maximum absolute atomic E-state index is 6.46. The number of hydrogen-bond acceptors (Lipinski definition) is 2. The third kappa shape index (κ3) is 5.65. The van der Waals surface area contributed by atoms with E-state index in [0.717, 1.165) is 19.3 Å². The Morgan fingerprint density at radius 3 is 1.77 bits per heavy atom. The Kier molecular flexibility index (Phi) is 10.9. The Hall–Kier alpha value is 0.137. The summed E-state index contributed by atoms with van der Waals surface area (Å²) in [5, 5.41) is 0.147. The molecule has 3 heteroatoms. The lowest BCUT2D eigenvalue weighted by atomic mass is 9.83. The van der Waals surface area contributed by atoms with Crippen LogP contribution < -0.4 is 0 Å². The van der Waals surface area contributed by atoms with Crippen LogP contribution in [0.5, 0.6) is 0 Å². The lowest BCUT2D eigenvalue weighted by Gasteiger charge is -2.48. The first-order chi connectivity index (χ1) is 10.3. The van der Waals surface area contributed by atoms with Crippen molar-refractivity contribution in [1.29, 1.82) is 0 Å². The summed E-state index contributed by atoms with van der Waals surface area (Å²) in [5.74, 6) is 1.33. The van der Waals surface area contributed by atoms with Gasteiger partial charge in [0.25, 0.3) is 0 Å². The summed E-state index contributed by atoms with van der Waals surface area (Å²) in [6.07, 6.45) is 6.36. The maximum atomic E-state index is 6.46. The predicted octanol–water partition coefficient (Wildman–Crippen LogP) is 6.54. The molecule has 0 radical (unpaired) electrons.